The van der Waals surface area contributed by atoms with Crippen LogP contribution in [-0.2, 0) is 13.1 Å². The van der Waals surface area contributed by atoms with Gasteiger partial charge in [0.05, 0.1) is 12.2 Å². The summed E-state index contributed by atoms with van der Waals surface area (Å²) in [5.41, 5.74) is 2.90. The smallest absolute Gasteiger partial charge is 0.317 e. The standard InChI is InChI=1S/C27H32N4O3/c32-25-11-10-23(28-14-22-13-19-6-4-5-9-24(19)34-22)26-20-12-18(16-31(25)26)15-30(17-20)27(33)29-21-7-2-1-3-8-21/h4-6,9-11,13,18,20-21,28H,1-3,7-8,12,14-17H2,(H,29,33). The predicted molar refractivity (Wildman–Crippen MR) is 132 cm³/mol. The summed E-state index contributed by atoms with van der Waals surface area (Å²) in [4.78, 5) is 27.8. The molecule has 0 spiro atoms. The van der Waals surface area contributed by atoms with Gasteiger partial charge in [-0.05, 0) is 43.4 Å². The van der Waals surface area contributed by atoms with Crippen molar-refractivity contribution in [2.24, 2.45) is 5.92 Å². The third kappa shape index (κ3) is 4.08. The van der Waals surface area contributed by atoms with Crippen molar-refractivity contribution in [3.05, 3.63) is 64.3 Å². The van der Waals surface area contributed by atoms with E-state index in [1.165, 1.54) is 19.3 Å². The first kappa shape index (κ1) is 21.3. The predicted octanol–water partition coefficient (Wildman–Crippen LogP) is 4.67. The molecule has 1 aromatic carbocycles. The number of hydrogen-bond donors (Lipinski definition) is 2. The molecule has 1 saturated heterocycles. The Hall–Kier alpha value is -3.22. The Morgan fingerprint density at radius 2 is 1.88 bits per heavy atom. The number of pyridine rings is 1. The lowest BCUT2D eigenvalue weighted by Crippen LogP contribution is -2.53. The molecule has 2 N–H and O–H groups in total. The molecule has 2 amide bonds. The lowest BCUT2D eigenvalue weighted by atomic mass is 9.82. The molecule has 0 radical (unpaired) electrons. The van der Waals surface area contributed by atoms with Crippen LogP contribution in [0, 0.1) is 5.92 Å². The van der Waals surface area contributed by atoms with Crippen LogP contribution in [0.3, 0.4) is 0 Å². The van der Waals surface area contributed by atoms with E-state index in [2.05, 4.69) is 16.7 Å². The van der Waals surface area contributed by atoms with E-state index >= 15 is 0 Å². The highest BCUT2D eigenvalue weighted by molar-refractivity contribution is 5.77. The number of rotatable bonds is 4. The molecule has 2 bridgehead atoms. The number of para-hydroxylation sites is 1. The Labute approximate surface area is 199 Å². The van der Waals surface area contributed by atoms with E-state index < -0.39 is 0 Å². The van der Waals surface area contributed by atoms with Gasteiger partial charge in [0.2, 0.25) is 0 Å². The van der Waals surface area contributed by atoms with Gasteiger partial charge < -0.3 is 24.5 Å². The molecular weight excluding hydrogens is 428 g/mol. The molecule has 1 aliphatic carbocycles. The number of anilines is 1. The maximum absolute atomic E-state index is 13.1. The summed E-state index contributed by atoms with van der Waals surface area (Å²) in [6.45, 7) is 2.58. The number of carbonyl (C=O) groups excluding carboxylic acids is 1. The first-order valence-electron chi connectivity index (χ1n) is 12.6. The van der Waals surface area contributed by atoms with Crippen molar-refractivity contribution in [3.8, 4) is 0 Å². The first-order valence-corrected chi connectivity index (χ1v) is 12.6. The van der Waals surface area contributed by atoms with Crippen molar-refractivity contribution in [2.45, 2.75) is 63.6 Å². The number of piperidine rings is 1. The van der Waals surface area contributed by atoms with Gasteiger partial charge in [-0.25, -0.2) is 4.79 Å². The van der Waals surface area contributed by atoms with E-state index in [0.29, 0.717) is 31.6 Å². The number of urea groups is 1. The van der Waals surface area contributed by atoms with E-state index in [-0.39, 0.29) is 17.5 Å². The second-order valence-electron chi connectivity index (χ2n) is 10.2. The first-order chi connectivity index (χ1) is 16.6. The number of aromatic nitrogens is 1. The third-order valence-corrected chi connectivity index (χ3v) is 7.74. The maximum Gasteiger partial charge on any atom is 0.317 e. The van der Waals surface area contributed by atoms with Gasteiger partial charge in [-0.1, -0.05) is 37.5 Å². The van der Waals surface area contributed by atoms with Crippen LogP contribution in [0.25, 0.3) is 11.0 Å². The number of carbonyl (C=O) groups is 1. The summed E-state index contributed by atoms with van der Waals surface area (Å²) in [6.07, 6.45) is 6.85. The molecule has 2 aliphatic heterocycles. The summed E-state index contributed by atoms with van der Waals surface area (Å²) in [7, 11) is 0. The number of fused-ring (bicyclic) bond motifs is 5. The van der Waals surface area contributed by atoms with Gasteiger partial charge in [0.1, 0.15) is 11.3 Å². The SMILES string of the molecule is O=C(NC1CCCCC1)N1CC2CC(C1)c1c(NCc3cc4ccccc4o3)ccc(=O)n1C2. The van der Waals surface area contributed by atoms with Gasteiger partial charge in [0.15, 0.2) is 0 Å². The van der Waals surface area contributed by atoms with E-state index in [0.717, 1.165) is 53.9 Å². The number of nitrogens with zero attached hydrogens (tertiary/aromatic N) is 2. The summed E-state index contributed by atoms with van der Waals surface area (Å²) in [6, 6.07) is 13.9. The van der Waals surface area contributed by atoms with Crippen LogP contribution < -0.4 is 16.2 Å². The highest BCUT2D eigenvalue weighted by atomic mass is 16.3. The fourth-order valence-electron chi connectivity index (χ4n) is 6.15. The van der Waals surface area contributed by atoms with Gasteiger partial charge >= 0.3 is 6.03 Å². The van der Waals surface area contributed by atoms with Crippen molar-refractivity contribution in [2.75, 3.05) is 18.4 Å². The zero-order valence-electron chi connectivity index (χ0n) is 19.5. The number of benzene rings is 1. The summed E-state index contributed by atoms with van der Waals surface area (Å²) in [5.74, 6) is 1.32. The number of nitrogens with one attached hydrogen (secondary N) is 2. The van der Waals surface area contributed by atoms with E-state index in [1.54, 1.807) is 6.07 Å². The quantitative estimate of drug-likeness (QED) is 0.593. The lowest BCUT2D eigenvalue weighted by molar-refractivity contribution is 0.128. The average Bonchev–Trinajstić information content (AvgIpc) is 3.27. The molecule has 3 aromatic rings. The maximum atomic E-state index is 13.1. The highest BCUT2D eigenvalue weighted by Crippen LogP contribution is 2.38. The molecule has 3 aliphatic rings. The second-order valence-corrected chi connectivity index (χ2v) is 10.2. The molecule has 7 nitrogen and oxygen atoms in total. The number of furan rings is 1. The van der Waals surface area contributed by atoms with Crippen molar-refractivity contribution < 1.29 is 9.21 Å². The lowest BCUT2D eigenvalue weighted by Gasteiger charge is -2.43. The molecule has 6 rings (SSSR count). The molecule has 178 valence electrons. The molecule has 4 heterocycles. The van der Waals surface area contributed by atoms with Crippen LogP contribution in [0.4, 0.5) is 10.5 Å². The van der Waals surface area contributed by atoms with Crippen molar-refractivity contribution >= 4 is 22.7 Å². The number of hydrogen-bond acceptors (Lipinski definition) is 4. The normalized spacial score (nSPS) is 22.4. The number of amides is 2. The molecule has 1 saturated carbocycles. The monoisotopic (exact) mass is 460 g/mol. The van der Waals surface area contributed by atoms with Crippen molar-refractivity contribution in [1.82, 2.24) is 14.8 Å². The van der Waals surface area contributed by atoms with Gasteiger partial charge in [0.25, 0.3) is 5.56 Å². The second kappa shape index (κ2) is 8.85. The molecule has 7 heteroatoms. The Morgan fingerprint density at radius 1 is 1.03 bits per heavy atom. The Bertz CT molecular complexity index is 1220. The highest BCUT2D eigenvalue weighted by Gasteiger charge is 2.38. The topological polar surface area (TPSA) is 79.5 Å². The molecule has 34 heavy (non-hydrogen) atoms. The summed E-state index contributed by atoms with van der Waals surface area (Å²) in [5, 5.41) is 7.88. The molecule has 2 aromatic heterocycles. The third-order valence-electron chi connectivity index (χ3n) is 7.74. The van der Waals surface area contributed by atoms with Gasteiger partial charge in [0, 0.05) is 48.7 Å². The zero-order chi connectivity index (χ0) is 23.1. The largest absolute Gasteiger partial charge is 0.459 e. The Kier molecular flexibility index (Phi) is 5.55. The van der Waals surface area contributed by atoms with Gasteiger partial charge in [-0.3, -0.25) is 4.79 Å². The summed E-state index contributed by atoms with van der Waals surface area (Å²) >= 11 is 0. The van der Waals surface area contributed by atoms with E-state index in [9.17, 15) is 9.59 Å². The van der Waals surface area contributed by atoms with Crippen LogP contribution in [0.2, 0.25) is 0 Å². The van der Waals surface area contributed by atoms with E-state index in [4.69, 9.17) is 4.42 Å². The fourth-order valence-corrected chi connectivity index (χ4v) is 6.15. The van der Waals surface area contributed by atoms with Gasteiger partial charge in [-0.15, -0.1) is 0 Å². The Balaban J connectivity index is 1.21. The van der Waals surface area contributed by atoms with Crippen molar-refractivity contribution in [3.63, 3.8) is 0 Å². The van der Waals surface area contributed by atoms with Crippen LogP contribution in [0.5, 0.6) is 0 Å². The molecule has 2 atom stereocenters. The Morgan fingerprint density at radius 3 is 2.74 bits per heavy atom. The number of likely N-dealkylation sites (tertiary alicyclic amines) is 1. The fraction of sp³-hybridized carbons (Fsp3) is 0.481. The minimum Gasteiger partial charge on any atom is -0.459 e. The molecular formula is C27H32N4O3. The zero-order valence-corrected chi connectivity index (χ0v) is 19.5. The van der Waals surface area contributed by atoms with Crippen molar-refractivity contribution in [1.29, 1.82) is 0 Å². The minimum absolute atomic E-state index is 0.0408. The van der Waals surface area contributed by atoms with Crippen LogP contribution in [0.15, 0.2) is 51.7 Å². The van der Waals surface area contributed by atoms with E-state index in [1.807, 2.05) is 39.8 Å². The van der Waals surface area contributed by atoms with Gasteiger partial charge in [-0.2, -0.15) is 0 Å². The minimum atomic E-state index is 0.0408. The van der Waals surface area contributed by atoms with Crippen LogP contribution in [-0.4, -0.2) is 34.6 Å². The summed E-state index contributed by atoms with van der Waals surface area (Å²) < 4.78 is 7.89. The molecule has 2 fully saturated rings. The van der Waals surface area contributed by atoms with Crippen LogP contribution >= 0.6 is 0 Å². The average molecular weight is 461 g/mol. The molecule has 2 unspecified atom stereocenters. The van der Waals surface area contributed by atoms with Crippen LogP contribution in [0.1, 0.15) is 55.9 Å².